The molecule has 1 unspecified atom stereocenters. The van der Waals surface area contributed by atoms with E-state index >= 15 is 0 Å². The predicted molar refractivity (Wildman–Crippen MR) is 84.6 cm³/mol. The van der Waals surface area contributed by atoms with Gasteiger partial charge < -0.3 is 4.74 Å². The molecule has 0 radical (unpaired) electrons. The number of sulfonamides is 1. The lowest BCUT2D eigenvalue weighted by molar-refractivity contribution is 0.0443. The molecular formula is C14H20BrNO4S. The van der Waals surface area contributed by atoms with Gasteiger partial charge in [-0.25, -0.2) is 18.4 Å². The molecule has 7 heteroatoms. The van der Waals surface area contributed by atoms with Crippen molar-refractivity contribution in [2.75, 3.05) is 6.61 Å². The Morgan fingerprint density at radius 2 is 2.05 bits per heavy atom. The molecule has 0 heterocycles. The zero-order chi connectivity index (χ0) is 16.2. The molecule has 5 nitrogen and oxygen atoms in total. The second-order valence-corrected chi connectivity index (χ2v) is 7.47. The highest BCUT2D eigenvalue weighted by Gasteiger charge is 2.19. The molecule has 2 N–H and O–H groups in total. The molecule has 0 spiro atoms. The van der Waals surface area contributed by atoms with Crippen LogP contribution in [0.25, 0.3) is 0 Å². The van der Waals surface area contributed by atoms with E-state index < -0.39 is 16.0 Å². The minimum Gasteiger partial charge on any atom is -0.462 e. The van der Waals surface area contributed by atoms with E-state index in [9.17, 15) is 13.2 Å². The molecule has 1 aromatic carbocycles. The summed E-state index contributed by atoms with van der Waals surface area (Å²) in [6, 6.07) is 2.81. The van der Waals surface area contributed by atoms with Crippen molar-refractivity contribution < 1.29 is 17.9 Å². The van der Waals surface area contributed by atoms with Crippen LogP contribution in [0.1, 0.15) is 42.6 Å². The molecule has 118 valence electrons. The van der Waals surface area contributed by atoms with Gasteiger partial charge in [-0.1, -0.05) is 20.3 Å². The van der Waals surface area contributed by atoms with E-state index in [2.05, 4.69) is 22.9 Å². The smallest absolute Gasteiger partial charge is 0.338 e. The fourth-order valence-electron chi connectivity index (χ4n) is 1.94. The molecule has 21 heavy (non-hydrogen) atoms. The van der Waals surface area contributed by atoms with Crippen molar-refractivity contribution in [3.05, 3.63) is 27.7 Å². The topological polar surface area (TPSA) is 86.5 Å². The molecule has 0 bridgehead atoms. The van der Waals surface area contributed by atoms with Crippen LogP contribution in [0.3, 0.4) is 0 Å². The number of carbonyl (C=O) groups is 1. The first kappa shape index (κ1) is 18.1. The van der Waals surface area contributed by atoms with Crippen LogP contribution in [0, 0.1) is 12.8 Å². The van der Waals surface area contributed by atoms with Crippen molar-refractivity contribution in [2.45, 2.75) is 38.5 Å². The molecular weight excluding hydrogens is 358 g/mol. The molecule has 0 saturated heterocycles. The summed E-state index contributed by atoms with van der Waals surface area (Å²) in [5.74, 6) is -0.272. The van der Waals surface area contributed by atoms with Crippen LogP contribution in [0.4, 0.5) is 0 Å². The lowest BCUT2D eigenvalue weighted by atomic mass is 10.1. The number of benzene rings is 1. The Balaban J connectivity index is 2.99. The van der Waals surface area contributed by atoms with Gasteiger partial charge in [-0.05, 0) is 52.9 Å². The van der Waals surface area contributed by atoms with Crippen LogP contribution in [-0.2, 0) is 14.8 Å². The second-order valence-electron chi connectivity index (χ2n) is 5.14. The monoisotopic (exact) mass is 377 g/mol. The number of carbonyl (C=O) groups excluding carboxylic acids is 1. The van der Waals surface area contributed by atoms with Gasteiger partial charge in [0.15, 0.2) is 0 Å². The summed E-state index contributed by atoms with van der Waals surface area (Å²) in [6.45, 7) is 6.07. The number of esters is 1. The number of nitrogens with two attached hydrogens (primary N) is 1. The Bertz CT molecular complexity index is 628. The van der Waals surface area contributed by atoms with Crippen molar-refractivity contribution in [1.29, 1.82) is 0 Å². The number of halogens is 1. The summed E-state index contributed by atoms with van der Waals surface area (Å²) in [5.41, 5.74) is 0.790. The molecule has 1 atom stereocenters. The first-order chi connectivity index (χ1) is 9.66. The normalized spacial score (nSPS) is 13.0. The number of ether oxygens (including phenoxy) is 1. The van der Waals surface area contributed by atoms with E-state index in [1.165, 1.54) is 6.07 Å². The van der Waals surface area contributed by atoms with Gasteiger partial charge in [0.2, 0.25) is 10.0 Å². The van der Waals surface area contributed by atoms with Crippen LogP contribution in [-0.4, -0.2) is 21.0 Å². The molecule has 0 amide bonds. The van der Waals surface area contributed by atoms with Crippen LogP contribution in [0.5, 0.6) is 0 Å². The third kappa shape index (κ3) is 5.09. The molecule has 0 aliphatic carbocycles. The van der Waals surface area contributed by atoms with Crippen LogP contribution >= 0.6 is 15.9 Å². The number of hydrogen-bond acceptors (Lipinski definition) is 4. The highest BCUT2D eigenvalue weighted by atomic mass is 79.9. The maximum atomic E-state index is 12.0. The van der Waals surface area contributed by atoms with Gasteiger partial charge in [0.1, 0.15) is 0 Å². The van der Waals surface area contributed by atoms with Crippen molar-refractivity contribution in [1.82, 2.24) is 0 Å². The molecule has 1 aromatic rings. The van der Waals surface area contributed by atoms with Gasteiger partial charge in [0.25, 0.3) is 0 Å². The third-order valence-electron chi connectivity index (χ3n) is 3.04. The average Bonchev–Trinajstić information content (AvgIpc) is 2.38. The van der Waals surface area contributed by atoms with Crippen LogP contribution < -0.4 is 5.14 Å². The quantitative estimate of drug-likeness (QED) is 0.771. The van der Waals surface area contributed by atoms with Crippen molar-refractivity contribution in [3.8, 4) is 0 Å². The molecule has 0 fully saturated rings. The van der Waals surface area contributed by atoms with E-state index in [-0.39, 0.29) is 16.4 Å². The fourth-order valence-corrected chi connectivity index (χ4v) is 3.55. The van der Waals surface area contributed by atoms with Crippen molar-refractivity contribution in [3.63, 3.8) is 0 Å². The van der Waals surface area contributed by atoms with Gasteiger partial charge in [-0.3, -0.25) is 0 Å². The summed E-state index contributed by atoms with van der Waals surface area (Å²) >= 11 is 3.17. The van der Waals surface area contributed by atoms with Gasteiger partial charge in [0.05, 0.1) is 17.1 Å². The zero-order valence-electron chi connectivity index (χ0n) is 12.3. The van der Waals surface area contributed by atoms with Gasteiger partial charge in [0, 0.05) is 4.47 Å². The highest BCUT2D eigenvalue weighted by Crippen LogP contribution is 2.26. The number of primary sulfonamides is 1. The number of aryl methyl sites for hydroxylation is 1. The Hall–Kier alpha value is -0.920. The molecule has 0 aliphatic heterocycles. The second kappa shape index (κ2) is 7.38. The van der Waals surface area contributed by atoms with Gasteiger partial charge >= 0.3 is 5.97 Å². The summed E-state index contributed by atoms with van der Waals surface area (Å²) in [6.07, 6.45) is 1.99. The van der Waals surface area contributed by atoms with E-state index in [0.717, 1.165) is 12.8 Å². The first-order valence-electron chi connectivity index (χ1n) is 6.66. The Labute approximate surface area is 134 Å². The summed E-state index contributed by atoms with van der Waals surface area (Å²) in [7, 11) is -3.91. The molecule has 0 aliphatic rings. The van der Waals surface area contributed by atoms with Crippen LogP contribution in [0.15, 0.2) is 21.5 Å². The van der Waals surface area contributed by atoms with E-state index in [1.807, 2.05) is 6.92 Å². The Morgan fingerprint density at radius 1 is 1.43 bits per heavy atom. The number of hydrogen-bond donors (Lipinski definition) is 1. The maximum Gasteiger partial charge on any atom is 0.338 e. The maximum absolute atomic E-state index is 12.0. The fraction of sp³-hybridized carbons (Fsp3) is 0.500. The lowest BCUT2D eigenvalue weighted by Gasteiger charge is -2.12. The van der Waals surface area contributed by atoms with Crippen molar-refractivity contribution in [2.24, 2.45) is 11.1 Å². The Morgan fingerprint density at radius 3 is 2.57 bits per heavy atom. The number of rotatable bonds is 6. The Kier molecular flexibility index (Phi) is 6.37. The molecule has 0 saturated carbocycles. The lowest BCUT2D eigenvalue weighted by Crippen LogP contribution is -2.16. The molecule has 0 aromatic heterocycles. The minimum absolute atomic E-state index is 0.115. The average molecular weight is 378 g/mol. The van der Waals surface area contributed by atoms with Crippen molar-refractivity contribution >= 4 is 31.9 Å². The highest BCUT2D eigenvalue weighted by molar-refractivity contribution is 9.10. The molecule has 1 rings (SSSR count). The zero-order valence-corrected chi connectivity index (χ0v) is 14.8. The van der Waals surface area contributed by atoms with Gasteiger partial charge in [-0.2, -0.15) is 0 Å². The van der Waals surface area contributed by atoms with E-state index in [4.69, 9.17) is 9.88 Å². The van der Waals surface area contributed by atoms with Gasteiger partial charge in [-0.15, -0.1) is 0 Å². The first-order valence-corrected chi connectivity index (χ1v) is 9.00. The summed E-state index contributed by atoms with van der Waals surface area (Å²) in [4.78, 5) is 11.9. The third-order valence-corrected chi connectivity index (χ3v) is 5.29. The summed E-state index contributed by atoms with van der Waals surface area (Å²) in [5, 5.41) is 5.15. The summed E-state index contributed by atoms with van der Waals surface area (Å²) < 4.78 is 28.6. The SMILES string of the molecule is CCCC(C)COC(=O)c1cc(C)c(Br)c(S(N)(=O)=O)c1. The van der Waals surface area contributed by atoms with E-state index in [1.54, 1.807) is 13.0 Å². The standard InChI is InChI=1S/C14H20BrNO4S/c1-4-5-9(2)8-20-14(17)11-6-10(3)13(15)12(7-11)21(16,18)19/h6-7,9H,4-5,8H2,1-3H3,(H2,16,18,19). The van der Waals surface area contributed by atoms with Crippen LogP contribution in [0.2, 0.25) is 0 Å². The predicted octanol–water partition coefficient (Wildman–Crippen LogP) is 3.00. The van der Waals surface area contributed by atoms with E-state index in [0.29, 0.717) is 16.6 Å². The largest absolute Gasteiger partial charge is 0.462 e. The minimum atomic E-state index is -3.91.